The van der Waals surface area contributed by atoms with Crippen LogP contribution in [0.25, 0.3) is 0 Å². The van der Waals surface area contributed by atoms with Gasteiger partial charge in [-0.3, -0.25) is 4.79 Å². The van der Waals surface area contributed by atoms with Crippen LogP contribution in [-0.4, -0.2) is 11.9 Å². The molecule has 0 saturated heterocycles. The van der Waals surface area contributed by atoms with Crippen molar-refractivity contribution < 1.29 is 9.21 Å². The maximum absolute atomic E-state index is 12.2. The molecule has 0 aromatic carbocycles. The van der Waals surface area contributed by atoms with Gasteiger partial charge in [0.2, 0.25) is 0 Å². The molecule has 0 unspecified atom stereocenters. The van der Waals surface area contributed by atoms with E-state index in [-0.39, 0.29) is 5.91 Å². The van der Waals surface area contributed by atoms with E-state index in [2.05, 4.69) is 19.2 Å². The van der Waals surface area contributed by atoms with Gasteiger partial charge in [0.15, 0.2) is 0 Å². The molecule has 0 bridgehead atoms. The lowest BCUT2D eigenvalue weighted by molar-refractivity contribution is 0.0889. The van der Waals surface area contributed by atoms with E-state index in [0.29, 0.717) is 29.2 Å². The maximum atomic E-state index is 12.2. The van der Waals surface area contributed by atoms with Gasteiger partial charge in [0.25, 0.3) is 5.91 Å². The summed E-state index contributed by atoms with van der Waals surface area (Å²) in [6.45, 7) is 8.22. The van der Waals surface area contributed by atoms with E-state index in [1.165, 1.54) is 12.8 Å². The summed E-state index contributed by atoms with van der Waals surface area (Å²) in [6.07, 6.45) is 3.57. The molecule has 3 atom stereocenters. The average Bonchev–Trinajstić information content (AvgIpc) is 2.64. The molecule has 3 nitrogen and oxygen atoms in total. The molecule has 0 aliphatic heterocycles. The quantitative estimate of drug-likeness (QED) is 0.872. The van der Waals surface area contributed by atoms with E-state index < -0.39 is 0 Å². The zero-order chi connectivity index (χ0) is 13.3. The Morgan fingerprint density at radius 3 is 2.67 bits per heavy atom. The van der Waals surface area contributed by atoms with Crippen molar-refractivity contribution in [3.63, 3.8) is 0 Å². The molecule has 1 aromatic rings. The average molecular weight is 249 g/mol. The number of carbonyl (C=O) groups is 1. The molecule has 0 radical (unpaired) electrons. The van der Waals surface area contributed by atoms with Crippen molar-refractivity contribution in [2.24, 2.45) is 11.8 Å². The molecule has 1 aliphatic rings. The number of hydrogen-bond donors (Lipinski definition) is 1. The van der Waals surface area contributed by atoms with E-state index in [4.69, 9.17) is 4.42 Å². The smallest absolute Gasteiger partial charge is 0.255 e. The second kappa shape index (κ2) is 5.17. The van der Waals surface area contributed by atoms with E-state index in [9.17, 15) is 4.79 Å². The monoisotopic (exact) mass is 249 g/mol. The van der Waals surface area contributed by atoms with Gasteiger partial charge in [-0.05, 0) is 38.2 Å². The number of amides is 1. The van der Waals surface area contributed by atoms with Crippen molar-refractivity contribution in [2.75, 3.05) is 0 Å². The first kappa shape index (κ1) is 13.2. The maximum Gasteiger partial charge on any atom is 0.255 e. The first-order chi connectivity index (χ1) is 8.49. The topological polar surface area (TPSA) is 42.2 Å². The third-order valence-electron chi connectivity index (χ3n) is 4.31. The molecule has 0 spiro atoms. The van der Waals surface area contributed by atoms with Crippen LogP contribution in [0.15, 0.2) is 10.5 Å². The second-order valence-electron chi connectivity index (χ2n) is 5.67. The van der Waals surface area contributed by atoms with Gasteiger partial charge in [0.05, 0.1) is 5.56 Å². The number of hydrogen-bond acceptors (Lipinski definition) is 2. The molecule has 1 heterocycles. The van der Waals surface area contributed by atoms with Gasteiger partial charge in [-0.1, -0.05) is 26.7 Å². The third-order valence-corrected chi connectivity index (χ3v) is 4.31. The summed E-state index contributed by atoms with van der Waals surface area (Å²) in [7, 11) is 0. The van der Waals surface area contributed by atoms with Gasteiger partial charge in [-0.25, -0.2) is 0 Å². The van der Waals surface area contributed by atoms with Crippen molar-refractivity contribution in [3.05, 3.63) is 23.2 Å². The summed E-state index contributed by atoms with van der Waals surface area (Å²) in [4.78, 5) is 12.2. The van der Waals surface area contributed by atoms with Crippen molar-refractivity contribution in [1.29, 1.82) is 0 Å². The Morgan fingerprint density at radius 2 is 2.06 bits per heavy atom. The molecule has 1 aliphatic carbocycles. The van der Waals surface area contributed by atoms with Crippen LogP contribution in [0.1, 0.15) is 55.0 Å². The van der Waals surface area contributed by atoms with Gasteiger partial charge < -0.3 is 9.73 Å². The van der Waals surface area contributed by atoms with Crippen LogP contribution in [0.2, 0.25) is 0 Å². The van der Waals surface area contributed by atoms with Crippen molar-refractivity contribution in [3.8, 4) is 0 Å². The number of rotatable bonds is 2. The SMILES string of the molecule is Cc1cc(C(=O)N[C@@H]2CCC[C@H](C)[C@H]2C)c(C)o1. The molecule has 3 heteroatoms. The van der Waals surface area contributed by atoms with Gasteiger partial charge >= 0.3 is 0 Å². The van der Waals surface area contributed by atoms with E-state index in [0.717, 1.165) is 12.2 Å². The Balaban J connectivity index is 2.05. The molecular formula is C15H23NO2. The highest BCUT2D eigenvalue weighted by Crippen LogP contribution is 2.29. The molecular weight excluding hydrogens is 226 g/mol. The zero-order valence-corrected chi connectivity index (χ0v) is 11.7. The van der Waals surface area contributed by atoms with Gasteiger partial charge in [0, 0.05) is 6.04 Å². The van der Waals surface area contributed by atoms with Crippen LogP contribution in [0.5, 0.6) is 0 Å². The lowest BCUT2D eigenvalue weighted by Crippen LogP contribution is -2.43. The summed E-state index contributed by atoms with van der Waals surface area (Å²) in [5.41, 5.74) is 0.679. The third kappa shape index (κ3) is 2.60. The molecule has 1 amide bonds. The summed E-state index contributed by atoms with van der Waals surface area (Å²) >= 11 is 0. The number of aryl methyl sites for hydroxylation is 2. The van der Waals surface area contributed by atoms with Crippen molar-refractivity contribution in [2.45, 2.75) is 53.0 Å². The summed E-state index contributed by atoms with van der Waals surface area (Å²) in [5.74, 6) is 2.76. The normalized spacial score (nSPS) is 28.1. The van der Waals surface area contributed by atoms with E-state index >= 15 is 0 Å². The molecule has 100 valence electrons. The van der Waals surface area contributed by atoms with Crippen LogP contribution < -0.4 is 5.32 Å². The fourth-order valence-electron chi connectivity index (χ4n) is 2.89. The lowest BCUT2D eigenvalue weighted by atomic mass is 9.78. The second-order valence-corrected chi connectivity index (χ2v) is 5.67. The molecule has 1 aromatic heterocycles. The zero-order valence-electron chi connectivity index (χ0n) is 11.7. The Bertz CT molecular complexity index is 436. The Hall–Kier alpha value is -1.25. The Morgan fingerprint density at radius 1 is 1.33 bits per heavy atom. The first-order valence-corrected chi connectivity index (χ1v) is 6.87. The van der Waals surface area contributed by atoms with Crippen LogP contribution in [0.4, 0.5) is 0 Å². The van der Waals surface area contributed by atoms with Crippen LogP contribution in [0, 0.1) is 25.7 Å². The van der Waals surface area contributed by atoms with Gasteiger partial charge in [0.1, 0.15) is 11.5 Å². The molecule has 1 N–H and O–H groups in total. The van der Waals surface area contributed by atoms with E-state index in [1.54, 1.807) is 0 Å². The summed E-state index contributed by atoms with van der Waals surface area (Å²) in [6, 6.07) is 2.12. The Labute approximate surface area is 109 Å². The number of nitrogens with one attached hydrogen (secondary N) is 1. The number of furan rings is 1. The van der Waals surface area contributed by atoms with Crippen LogP contribution in [-0.2, 0) is 0 Å². The minimum absolute atomic E-state index is 0.00954. The summed E-state index contributed by atoms with van der Waals surface area (Å²) < 4.78 is 5.41. The highest BCUT2D eigenvalue weighted by atomic mass is 16.3. The fraction of sp³-hybridized carbons (Fsp3) is 0.667. The minimum atomic E-state index is 0.00954. The van der Waals surface area contributed by atoms with E-state index in [1.807, 2.05) is 19.9 Å². The summed E-state index contributed by atoms with van der Waals surface area (Å²) in [5, 5.41) is 3.17. The minimum Gasteiger partial charge on any atom is -0.466 e. The molecule has 1 fully saturated rings. The molecule has 1 saturated carbocycles. The van der Waals surface area contributed by atoms with Crippen molar-refractivity contribution in [1.82, 2.24) is 5.32 Å². The van der Waals surface area contributed by atoms with Gasteiger partial charge in [-0.15, -0.1) is 0 Å². The largest absolute Gasteiger partial charge is 0.466 e. The lowest BCUT2D eigenvalue weighted by Gasteiger charge is -2.34. The first-order valence-electron chi connectivity index (χ1n) is 6.87. The molecule has 2 rings (SSSR count). The van der Waals surface area contributed by atoms with Crippen LogP contribution >= 0.6 is 0 Å². The predicted molar refractivity (Wildman–Crippen MR) is 71.6 cm³/mol. The van der Waals surface area contributed by atoms with Crippen LogP contribution in [0.3, 0.4) is 0 Å². The molecule has 18 heavy (non-hydrogen) atoms. The highest BCUT2D eigenvalue weighted by Gasteiger charge is 2.29. The van der Waals surface area contributed by atoms with Gasteiger partial charge in [-0.2, -0.15) is 0 Å². The fourth-order valence-corrected chi connectivity index (χ4v) is 2.89. The highest BCUT2D eigenvalue weighted by molar-refractivity contribution is 5.95. The predicted octanol–water partition coefficient (Wildman–Crippen LogP) is 3.45. The Kier molecular flexibility index (Phi) is 3.79. The standard InChI is InChI=1S/C15H23NO2/c1-9-6-5-7-14(11(9)3)16-15(17)13-8-10(2)18-12(13)4/h8-9,11,14H,5-7H2,1-4H3,(H,16,17)/t9-,11+,14+/m0/s1. The number of carbonyl (C=O) groups excluding carboxylic acids is 1. The van der Waals surface area contributed by atoms with Crippen molar-refractivity contribution >= 4 is 5.91 Å².